The van der Waals surface area contributed by atoms with Crippen LogP contribution >= 0.6 is 0 Å². The lowest BCUT2D eigenvalue weighted by atomic mass is 9.99. The molecule has 30 heavy (non-hydrogen) atoms. The van der Waals surface area contributed by atoms with Gasteiger partial charge < -0.3 is 20.6 Å². The second-order valence-corrected chi connectivity index (χ2v) is 7.10. The van der Waals surface area contributed by atoms with Crippen LogP contribution in [-0.4, -0.2) is 28.0 Å². The molecular formula is C23H23N3O4. The van der Waals surface area contributed by atoms with E-state index >= 15 is 0 Å². The first-order valence-electron chi connectivity index (χ1n) is 9.41. The number of rotatable bonds is 8. The first kappa shape index (κ1) is 20.9. The molecular weight excluding hydrogens is 382 g/mol. The summed E-state index contributed by atoms with van der Waals surface area (Å²) in [4.78, 5) is 27.7. The number of benzene rings is 2. The van der Waals surface area contributed by atoms with Gasteiger partial charge >= 0.3 is 5.97 Å². The van der Waals surface area contributed by atoms with Crippen LogP contribution in [0.3, 0.4) is 0 Å². The number of nitrogen functional groups attached to an aromatic ring is 1. The van der Waals surface area contributed by atoms with Gasteiger partial charge in [0.25, 0.3) is 5.91 Å². The van der Waals surface area contributed by atoms with E-state index in [1.54, 1.807) is 6.92 Å². The van der Waals surface area contributed by atoms with E-state index in [9.17, 15) is 14.7 Å². The minimum Gasteiger partial charge on any atom is -0.481 e. The minimum atomic E-state index is -1.00. The van der Waals surface area contributed by atoms with Crippen molar-refractivity contribution in [1.82, 2.24) is 10.3 Å². The summed E-state index contributed by atoms with van der Waals surface area (Å²) in [6.45, 7) is 5.43. The monoisotopic (exact) mass is 405 g/mol. The molecule has 0 saturated carbocycles. The molecule has 1 heterocycles. The maximum Gasteiger partial charge on any atom is 0.305 e. The zero-order valence-electron chi connectivity index (χ0n) is 16.6. The third-order valence-electron chi connectivity index (χ3n) is 4.51. The Morgan fingerprint density at radius 3 is 2.53 bits per heavy atom. The normalized spacial score (nSPS) is 11.6. The predicted octanol–water partition coefficient (Wildman–Crippen LogP) is 3.77. The maximum atomic E-state index is 12.5. The SMILES string of the molecule is C=C(C)c1ncc(C(=O)N[C@@H](CC(=O)O)Cc2ccc(-c3cccc(N)c3)cc2)o1. The van der Waals surface area contributed by atoms with Gasteiger partial charge in [0.1, 0.15) is 0 Å². The standard InChI is InChI=1S/C23H23N3O4/c1-14(2)23-25-13-20(30-23)22(29)26-19(12-21(27)28)10-15-6-8-16(9-7-15)17-4-3-5-18(24)11-17/h3-9,11,13,19H,1,10,12,24H2,2H3,(H,26,29)(H,27,28)/t19-/m1/s1. The van der Waals surface area contributed by atoms with Gasteiger partial charge in [-0.2, -0.15) is 0 Å². The molecule has 1 atom stereocenters. The highest BCUT2D eigenvalue weighted by molar-refractivity contribution is 5.91. The quantitative estimate of drug-likeness (QED) is 0.491. The Kier molecular flexibility index (Phi) is 6.32. The van der Waals surface area contributed by atoms with Gasteiger partial charge in [0.15, 0.2) is 0 Å². The van der Waals surface area contributed by atoms with Crippen molar-refractivity contribution >= 4 is 23.1 Å². The molecule has 0 aliphatic heterocycles. The summed E-state index contributed by atoms with van der Waals surface area (Å²) in [6.07, 6.45) is 1.44. The third-order valence-corrected chi connectivity index (χ3v) is 4.51. The molecule has 0 spiro atoms. The summed E-state index contributed by atoms with van der Waals surface area (Å²) in [5, 5.41) is 11.9. The zero-order chi connectivity index (χ0) is 21.7. The lowest BCUT2D eigenvalue weighted by Gasteiger charge is -2.16. The molecule has 2 aromatic carbocycles. The smallest absolute Gasteiger partial charge is 0.305 e. The van der Waals surface area contributed by atoms with Crippen molar-refractivity contribution in [3.05, 3.63) is 78.5 Å². The van der Waals surface area contributed by atoms with Crippen molar-refractivity contribution in [1.29, 1.82) is 0 Å². The van der Waals surface area contributed by atoms with Crippen molar-refractivity contribution in [2.24, 2.45) is 0 Å². The van der Waals surface area contributed by atoms with E-state index in [0.29, 0.717) is 17.7 Å². The number of carbonyl (C=O) groups excluding carboxylic acids is 1. The van der Waals surface area contributed by atoms with Crippen LogP contribution in [0.1, 0.15) is 35.4 Å². The average molecular weight is 405 g/mol. The lowest BCUT2D eigenvalue weighted by molar-refractivity contribution is -0.137. The summed E-state index contributed by atoms with van der Waals surface area (Å²) in [5.41, 5.74) is 10.0. The molecule has 154 valence electrons. The van der Waals surface area contributed by atoms with Gasteiger partial charge in [0.2, 0.25) is 11.7 Å². The molecule has 1 aromatic heterocycles. The highest BCUT2D eigenvalue weighted by Gasteiger charge is 2.20. The number of nitrogens with one attached hydrogen (secondary N) is 1. The first-order valence-corrected chi connectivity index (χ1v) is 9.41. The van der Waals surface area contributed by atoms with Gasteiger partial charge in [0, 0.05) is 17.3 Å². The van der Waals surface area contributed by atoms with E-state index in [0.717, 1.165) is 16.7 Å². The number of aromatic nitrogens is 1. The fraction of sp³-hybridized carbons (Fsp3) is 0.174. The van der Waals surface area contributed by atoms with Crippen LogP contribution in [0.2, 0.25) is 0 Å². The van der Waals surface area contributed by atoms with E-state index in [1.165, 1.54) is 6.20 Å². The first-order chi connectivity index (χ1) is 14.3. The number of carboxylic acid groups (broad SMARTS) is 1. The van der Waals surface area contributed by atoms with Crippen molar-refractivity contribution in [3.8, 4) is 11.1 Å². The van der Waals surface area contributed by atoms with Gasteiger partial charge in [-0.05, 0) is 42.2 Å². The van der Waals surface area contributed by atoms with Crippen molar-refractivity contribution in [2.45, 2.75) is 25.8 Å². The molecule has 0 fully saturated rings. The summed E-state index contributed by atoms with van der Waals surface area (Å²) in [6, 6.07) is 14.7. The second-order valence-electron chi connectivity index (χ2n) is 7.10. The fourth-order valence-electron chi connectivity index (χ4n) is 3.05. The number of anilines is 1. The average Bonchev–Trinajstić information content (AvgIpc) is 3.19. The van der Waals surface area contributed by atoms with E-state index in [1.807, 2.05) is 48.5 Å². The molecule has 0 saturated heterocycles. The van der Waals surface area contributed by atoms with E-state index in [-0.39, 0.29) is 18.1 Å². The summed E-state index contributed by atoms with van der Waals surface area (Å²) in [7, 11) is 0. The highest BCUT2D eigenvalue weighted by atomic mass is 16.4. The van der Waals surface area contributed by atoms with Crippen LogP contribution in [0.15, 0.2) is 65.7 Å². The van der Waals surface area contributed by atoms with E-state index in [4.69, 9.17) is 10.2 Å². The maximum absolute atomic E-state index is 12.5. The van der Waals surface area contributed by atoms with Crippen molar-refractivity contribution in [2.75, 3.05) is 5.73 Å². The van der Waals surface area contributed by atoms with Crippen LogP contribution < -0.4 is 11.1 Å². The second kappa shape index (κ2) is 9.09. The van der Waals surface area contributed by atoms with Gasteiger partial charge in [-0.15, -0.1) is 0 Å². The van der Waals surface area contributed by atoms with Gasteiger partial charge in [0.05, 0.1) is 12.6 Å². The molecule has 0 unspecified atom stereocenters. The predicted molar refractivity (Wildman–Crippen MR) is 115 cm³/mol. The van der Waals surface area contributed by atoms with E-state index < -0.39 is 17.9 Å². The molecule has 7 heteroatoms. The molecule has 3 aromatic rings. The Bertz CT molecular complexity index is 1070. The molecule has 0 aliphatic carbocycles. The Labute approximate surface area is 174 Å². The highest BCUT2D eigenvalue weighted by Crippen LogP contribution is 2.22. The van der Waals surface area contributed by atoms with Gasteiger partial charge in [-0.1, -0.05) is 43.0 Å². The number of carbonyl (C=O) groups is 2. The molecule has 0 radical (unpaired) electrons. The minimum absolute atomic E-state index is 0.0143. The number of carboxylic acids is 1. The van der Waals surface area contributed by atoms with Gasteiger partial charge in [-0.3, -0.25) is 9.59 Å². The summed E-state index contributed by atoms with van der Waals surface area (Å²) >= 11 is 0. The Balaban J connectivity index is 1.71. The Hall–Kier alpha value is -3.87. The zero-order valence-corrected chi connectivity index (χ0v) is 16.6. The number of nitrogens with zero attached hydrogens (tertiary/aromatic N) is 1. The van der Waals surface area contributed by atoms with Crippen LogP contribution in [0.4, 0.5) is 5.69 Å². The molecule has 3 rings (SSSR count). The lowest BCUT2D eigenvalue weighted by Crippen LogP contribution is -2.38. The summed E-state index contributed by atoms with van der Waals surface area (Å²) < 4.78 is 5.36. The Morgan fingerprint density at radius 1 is 1.20 bits per heavy atom. The van der Waals surface area contributed by atoms with Crippen LogP contribution in [0.25, 0.3) is 16.7 Å². The number of aliphatic carboxylic acids is 1. The number of allylic oxidation sites excluding steroid dienone is 1. The third kappa shape index (κ3) is 5.35. The largest absolute Gasteiger partial charge is 0.481 e. The molecule has 1 amide bonds. The van der Waals surface area contributed by atoms with Crippen LogP contribution in [0.5, 0.6) is 0 Å². The number of nitrogens with two attached hydrogens (primary N) is 1. The number of hydrogen-bond acceptors (Lipinski definition) is 5. The van der Waals surface area contributed by atoms with Crippen LogP contribution in [-0.2, 0) is 11.2 Å². The number of amides is 1. The Morgan fingerprint density at radius 2 is 1.93 bits per heavy atom. The van der Waals surface area contributed by atoms with E-state index in [2.05, 4.69) is 16.9 Å². The van der Waals surface area contributed by atoms with Crippen molar-refractivity contribution < 1.29 is 19.1 Å². The van der Waals surface area contributed by atoms with Crippen molar-refractivity contribution in [3.63, 3.8) is 0 Å². The summed E-state index contributed by atoms with van der Waals surface area (Å²) in [5.74, 6) is -1.23. The fourth-order valence-corrected chi connectivity index (χ4v) is 3.05. The topological polar surface area (TPSA) is 118 Å². The van der Waals surface area contributed by atoms with Crippen LogP contribution in [0, 0.1) is 0 Å². The molecule has 4 N–H and O–H groups in total. The van der Waals surface area contributed by atoms with Gasteiger partial charge in [-0.25, -0.2) is 4.98 Å². The molecule has 0 bridgehead atoms. The molecule has 0 aliphatic rings. The number of oxazole rings is 1. The number of hydrogen-bond donors (Lipinski definition) is 3. The molecule has 7 nitrogen and oxygen atoms in total.